The summed E-state index contributed by atoms with van der Waals surface area (Å²) in [6.07, 6.45) is 2.39. The van der Waals surface area contributed by atoms with Crippen LogP contribution in [0.2, 0.25) is 0 Å². The number of hydrogen-bond donors (Lipinski definition) is 1. The van der Waals surface area contributed by atoms with E-state index in [1.807, 2.05) is 6.92 Å². The van der Waals surface area contributed by atoms with Crippen LogP contribution < -0.4 is 0 Å². The van der Waals surface area contributed by atoms with Gasteiger partial charge in [0, 0.05) is 0 Å². The van der Waals surface area contributed by atoms with Crippen molar-refractivity contribution in [3.63, 3.8) is 0 Å². The van der Waals surface area contributed by atoms with E-state index in [4.69, 9.17) is 0 Å². The molecule has 0 bridgehead atoms. The first-order valence-electron chi connectivity index (χ1n) is 4.68. The van der Waals surface area contributed by atoms with Crippen LogP contribution in [-0.4, -0.2) is 10.7 Å². The molecule has 1 heteroatoms. The van der Waals surface area contributed by atoms with Gasteiger partial charge in [-0.05, 0) is 37.5 Å². The highest BCUT2D eigenvalue weighted by Crippen LogP contribution is 2.43. The maximum atomic E-state index is 10.1. The Balaban J connectivity index is 2.70. The predicted octanol–water partition coefficient (Wildman–Crippen LogP) is 2.44. The van der Waals surface area contributed by atoms with Gasteiger partial charge in [-0.1, -0.05) is 20.8 Å². The second-order valence-corrected chi connectivity index (χ2v) is 4.55. The van der Waals surface area contributed by atoms with Crippen molar-refractivity contribution in [1.82, 2.24) is 0 Å². The van der Waals surface area contributed by atoms with Crippen molar-refractivity contribution >= 4 is 0 Å². The van der Waals surface area contributed by atoms with Crippen molar-refractivity contribution in [3.8, 4) is 0 Å². The van der Waals surface area contributed by atoms with Gasteiger partial charge in [-0.25, -0.2) is 0 Å². The predicted molar refractivity (Wildman–Crippen MR) is 47.3 cm³/mol. The van der Waals surface area contributed by atoms with Crippen LogP contribution in [0.3, 0.4) is 0 Å². The molecule has 0 radical (unpaired) electrons. The fraction of sp³-hybridized carbons (Fsp3) is 1.00. The van der Waals surface area contributed by atoms with Crippen molar-refractivity contribution in [1.29, 1.82) is 0 Å². The first kappa shape index (κ1) is 9.05. The van der Waals surface area contributed by atoms with E-state index < -0.39 is 5.60 Å². The van der Waals surface area contributed by atoms with Crippen molar-refractivity contribution in [2.75, 3.05) is 0 Å². The van der Waals surface area contributed by atoms with Gasteiger partial charge >= 0.3 is 0 Å². The summed E-state index contributed by atoms with van der Waals surface area (Å²) in [5, 5.41) is 10.1. The van der Waals surface area contributed by atoms with Gasteiger partial charge in [0.05, 0.1) is 5.60 Å². The lowest BCUT2D eigenvalue weighted by molar-refractivity contribution is -0.0283. The highest BCUT2D eigenvalue weighted by Gasteiger charge is 2.43. The Labute approximate surface area is 69.8 Å². The molecule has 11 heavy (non-hydrogen) atoms. The zero-order valence-corrected chi connectivity index (χ0v) is 8.09. The molecule has 66 valence electrons. The molecule has 1 aliphatic carbocycles. The van der Waals surface area contributed by atoms with E-state index in [-0.39, 0.29) is 0 Å². The summed E-state index contributed by atoms with van der Waals surface area (Å²) in [6.45, 7) is 8.56. The van der Waals surface area contributed by atoms with E-state index in [2.05, 4.69) is 20.8 Å². The van der Waals surface area contributed by atoms with Crippen molar-refractivity contribution in [2.24, 2.45) is 17.8 Å². The first-order chi connectivity index (χ1) is 4.96. The Morgan fingerprint density at radius 2 is 1.91 bits per heavy atom. The van der Waals surface area contributed by atoms with Crippen molar-refractivity contribution < 1.29 is 5.11 Å². The van der Waals surface area contributed by atoms with Crippen LogP contribution in [0, 0.1) is 17.8 Å². The summed E-state index contributed by atoms with van der Waals surface area (Å²) in [7, 11) is 0. The van der Waals surface area contributed by atoms with E-state index in [1.165, 1.54) is 12.8 Å². The molecule has 0 aromatic rings. The highest BCUT2D eigenvalue weighted by molar-refractivity contribution is 4.94. The molecule has 1 rings (SSSR count). The van der Waals surface area contributed by atoms with Gasteiger partial charge in [-0.3, -0.25) is 0 Å². The van der Waals surface area contributed by atoms with Crippen LogP contribution in [-0.2, 0) is 0 Å². The van der Waals surface area contributed by atoms with Crippen LogP contribution in [0.25, 0.3) is 0 Å². The zero-order valence-electron chi connectivity index (χ0n) is 8.09. The fourth-order valence-corrected chi connectivity index (χ4v) is 2.39. The third kappa shape index (κ3) is 1.44. The Morgan fingerprint density at radius 1 is 1.36 bits per heavy atom. The lowest BCUT2D eigenvalue weighted by Gasteiger charge is -2.32. The Morgan fingerprint density at radius 3 is 2.09 bits per heavy atom. The SMILES string of the molecule is CC(C)C1CCC(C)C1(C)O. The molecular formula is C10H20O. The summed E-state index contributed by atoms with van der Waals surface area (Å²) >= 11 is 0. The molecule has 1 saturated carbocycles. The van der Waals surface area contributed by atoms with Crippen LogP contribution in [0.1, 0.15) is 40.5 Å². The standard InChI is InChI=1S/C10H20O/c1-7(2)9-6-5-8(3)10(9,4)11/h7-9,11H,5-6H2,1-4H3. The number of rotatable bonds is 1. The normalized spacial score (nSPS) is 45.3. The van der Waals surface area contributed by atoms with E-state index in [1.54, 1.807) is 0 Å². The van der Waals surface area contributed by atoms with Gasteiger partial charge in [-0.2, -0.15) is 0 Å². The van der Waals surface area contributed by atoms with E-state index in [0.717, 1.165) is 0 Å². The van der Waals surface area contributed by atoms with Gasteiger partial charge in [-0.15, -0.1) is 0 Å². The van der Waals surface area contributed by atoms with Gasteiger partial charge in [0.25, 0.3) is 0 Å². The number of hydrogen-bond acceptors (Lipinski definition) is 1. The fourth-order valence-electron chi connectivity index (χ4n) is 2.39. The highest BCUT2D eigenvalue weighted by atomic mass is 16.3. The summed E-state index contributed by atoms with van der Waals surface area (Å²) in [6, 6.07) is 0. The molecule has 0 aliphatic heterocycles. The van der Waals surface area contributed by atoms with E-state index in [9.17, 15) is 5.11 Å². The summed E-state index contributed by atoms with van der Waals surface area (Å²) < 4.78 is 0. The molecular weight excluding hydrogens is 136 g/mol. The van der Waals surface area contributed by atoms with Crippen LogP contribution >= 0.6 is 0 Å². The van der Waals surface area contributed by atoms with E-state index in [0.29, 0.717) is 17.8 Å². The Bertz CT molecular complexity index is 138. The molecule has 0 amide bonds. The molecule has 0 saturated heterocycles. The smallest absolute Gasteiger partial charge is 0.0675 e. The second-order valence-electron chi connectivity index (χ2n) is 4.55. The van der Waals surface area contributed by atoms with Gasteiger partial charge < -0.3 is 5.11 Å². The lowest BCUT2D eigenvalue weighted by atomic mass is 9.80. The summed E-state index contributed by atoms with van der Waals surface area (Å²) in [5.41, 5.74) is -0.409. The van der Waals surface area contributed by atoms with Gasteiger partial charge in [0.2, 0.25) is 0 Å². The maximum absolute atomic E-state index is 10.1. The Kier molecular flexibility index (Phi) is 2.29. The van der Waals surface area contributed by atoms with Gasteiger partial charge in [0.1, 0.15) is 0 Å². The molecule has 1 aliphatic rings. The molecule has 0 spiro atoms. The average molecular weight is 156 g/mol. The van der Waals surface area contributed by atoms with E-state index >= 15 is 0 Å². The van der Waals surface area contributed by atoms with Crippen molar-refractivity contribution in [2.45, 2.75) is 46.1 Å². The molecule has 1 nitrogen and oxygen atoms in total. The van der Waals surface area contributed by atoms with Crippen LogP contribution in [0.5, 0.6) is 0 Å². The summed E-state index contributed by atoms with van der Waals surface area (Å²) in [4.78, 5) is 0. The molecule has 1 N–H and O–H groups in total. The average Bonchev–Trinajstić information content (AvgIpc) is 2.08. The topological polar surface area (TPSA) is 20.2 Å². The monoisotopic (exact) mass is 156 g/mol. The zero-order chi connectivity index (χ0) is 8.65. The van der Waals surface area contributed by atoms with Gasteiger partial charge in [0.15, 0.2) is 0 Å². The first-order valence-corrected chi connectivity index (χ1v) is 4.68. The van der Waals surface area contributed by atoms with Crippen LogP contribution in [0.4, 0.5) is 0 Å². The lowest BCUT2D eigenvalue weighted by Crippen LogP contribution is -2.37. The Hall–Kier alpha value is -0.0400. The minimum absolute atomic E-state index is 0.409. The summed E-state index contributed by atoms with van der Waals surface area (Å²) in [5.74, 6) is 1.61. The minimum atomic E-state index is -0.409. The molecule has 1 fully saturated rings. The molecule has 3 atom stereocenters. The quantitative estimate of drug-likeness (QED) is 0.618. The molecule has 0 aromatic carbocycles. The number of aliphatic hydroxyl groups is 1. The molecule has 3 unspecified atom stereocenters. The molecule has 0 heterocycles. The maximum Gasteiger partial charge on any atom is 0.0675 e. The van der Waals surface area contributed by atoms with Crippen molar-refractivity contribution in [3.05, 3.63) is 0 Å². The minimum Gasteiger partial charge on any atom is -0.390 e. The molecule has 0 aromatic heterocycles. The third-order valence-electron chi connectivity index (χ3n) is 3.46. The third-order valence-corrected chi connectivity index (χ3v) is 3.46. The van der Waals surface area contributed by atoms with Crippen LogP contribution in [0.15, 0.2) is 0 Å². The largest absolute Gasteiger partial charge is 0.390 e. The second kappa shape index (κ2) is 2.78.